The summed E-state index contributed by atoms with van der Waals surface area (Å²) in [7, 11) is 0. The van der Waals surface area contributed by atoms with Gasteiger partial charge in [0.2, 0.25) is 5.91 Å². The highest BCUT2D eigenvalue weighted by atomic mass is 35.5. The zero-order valence-corrected chi connectivity index (χ0v) is 20.5. The molecule has 2 aliphatic heterocycles. The van der Waals surface area contributed by atoms with Gasteiger partial charge in [0.05, 0.1) is 33.2 Å². The minimum absolute atomic E-state index is 0.00953. The first-order valence-electron chi connectivity index (χ1n) is 10.8. The molecule has 10 heteroatoms. The maximum atomic E-state index is 12.5. The fraction of sp³-hybridized carbons (Fsp3) is 0.391. The number of aromatic nitrogens is 2. The molecular weight excluding hydrogens is 481 g/mol. The molecule has 2 aliphatic rings. The predicted molar refractivity (Wildman–Crippen MR) is 132 cm³/mol. The van der Waals surface area contributed by atoms with Crippen molar-refractivity contribution < 1.29 is 9.53 Å². The van der Waals surface area contributed by atoms with Crippen molar-refractivity contribution in [2.45, 2.75) is 41.7 Å². The van der Waals surface area contributed by atoms with E-state index >= 15 is 0 Å². The summed E-state index contributed by atoms with van der Waals surface area (Å²) in [5.41, 5.74) is 13.4. The van der Waals surface area contributed by atoms with E-state index in [1.165, 1.54) is 11.8 Å². The summed E-state index contributed by atoms with van der Waals surface area (Å²) in [6.45, 7) is 4.36. The van der Waals surface area contributed by atoms with Gasteiger partial charge in [0.15, 0.2) is 5.65 Å². The smallest absolute Gasteiger partial charge is 0.250 e. The van der Waals surface area contributed by atoms with Crippen molar-refractivity contribution in [3.05, 3.63) is 52.3 Å². The van der Waals surface area contributed by atoms with Gasteiger partial charge in [-0.1, -0.05) is 41.0 Å². The number of halogens is 2. The molecule has 0 radical (unpaired) electrons. The van der Waals surface area contributed by atoms with Crippen LogP contribution in [-0.2, 0) is 4.74 Å². The number of hydrogen-bond acceptors (Lipinski definition) is 6. The molecule has 0 aliphatic carbocycles. The average molecular weight is 506 g/mol. The van der Waals surface area contributed by atoms with E-state index in [0.29, 0.717) is 32.8 Å². The van der Waals surface area contributed by atoms with Crippen LogP contribution in [0.3, 0.4) is 0 Å². The number of carbonyl (C=O) groups excluding carboxylic acids is 1. The average Bonchev–Trinajstić information content (AvgIpc) is 3.39. The number of pyridine rings is 1. The third-order valence-electron chi connectivity index (χ3n) is 6.93. The first-order valence-corrected chi connectivity index (χ1v) is 12.4. The lowest BCUT2D eigenvalue weighted by Gasteiger charge is -2.42. The molecule has 4 heterocycles. The Bertz CT molecular complexity index is 1230. The number of rotatable bonds is 4. The Balaban J connectivity index is 1.52. The zero-order chi connectivity index (χ0) is 23.3. The van der Waals surface area contributed by atoms with Crippen LogP contribution in [0.2, 0.25) is 10.0 Å². The first kappa shape index (κ1) is 22.8. The molecule has 5 rings (SSSR count). The number of imidazole rings is 1. The summed E-state index contributed by atoms with van der Waals surface area (Å²) in [6, 6.07) is 7.29. The third-order valence-corrected chi connectivity index (χ3v) is 9.03. The molecule has 1 spiro atoms. The molecule has 1 amide bonds. The Kier molecular flexibility index (Phi) is 5.99. The number of carbonyl (C=O) groups is 1. The number of anilines is 1. The standard InChI is InChI=1S/C23H25Cl2N5O2S/c1-13-20(26)23(12-32-13)5-8-29(9-6-23)17-11-14(21(27)31)19(22-28-7-10-30(17)22)33-16-4-2-3-15(24)18(16)25/h2-4,7,10-11,13,20H,5-6,8-9,12,26H2,1H3,(H2,27,31)/t13-,20+/m0/s1. The topological polar surface area (TPSA) is 98.9 Å². The summed E-state index contributed by atoms with van der Waals surface area (Å²) in [4.78, 5) is 20.7. The van der Waals surface area contributed by atoms with E-state index in [0.717, 1.165) is 36.6 Å². The maximum Gasteiger partial charge on any atom is 0.250 e. The monoisotopic (exact) mass is 505 g/mol. The molecule has 2 fully saturated rings. The van der Waals surface area contributed by atoms with Crippen LogP contribution in [0.1, 0.15) is 30.1 Å². The van der Waals surface area contributed by atoms with Crippen LogP contribution in [0.25, 0.3) is 5.65 Å². The number of ether oxygens (including phenoxy) is 1. The molecule has 33 heavy (non-hydrogen) atoms. The Morgan fingerprint density at radius 2 is 2.06 bits per heavy atom. The van der Waals surface area contributed by atoms with Crippen LogP contribution in [0, 0.1) is 5.41 Å². The van der Waals surface area contributed by atoms with Gasteiger partial charge in [-0.2, -0.15) is 0 Å². The van der Waals surface area contributed by atoms with Crippen LogP contribution in [0.4, 0.5) is 5.82 Å². The number of fused-ring (bicyclic) bond motifs is 1. The van der Waals surface area contributed by atoms with Crippen molar-refractivity contribution in [2.75, 3.05) is 24.6 Å². The second kappa shape index (κ2) is 8.67. The number of piperidine rings is 1. The van der Waals surface area contributed by atoms with Crippen LogP contribution in [0.5, 0.6) is 0 Å². The summed E-state index contributed by atoms with van der Waals surface area (Å²) in [5, 5.41) is 0.878. The number of benzene rings is 1. The molecule has 0 saturated carbocycles. The van der Waals surface area contributed by atoms with Crippen LogP contribution < -0.4 is 16.4 Å². The van der Waals surface area contributed by atoms with Gasteiger partial charge in [0, 0.05) is 41.8 Å². The van der Waals surface area contributed by atoms with Crippen molar-refractivity contribution in [1.29, 1.82) is 0 Å². The molecule has 4 N–H and O–H groups in total. The van der Waals surface area contributed by atoms with Gasteiger partial charge < -0.3 is 21.1 Å². The lowest BCUT2D eigenvalue weighted by molar-refractivity contribution is 0.0974. The second-order valence-electron chi connectivity index (χ2n) is 8.78. The summed E-state index contributed by atoms with van der Waals surface area (Å²) < 4.78 is 7.85. The highest BCUT2D eigenvalue weighted by Crippen LogP contribution is 2.44. The summed E-state index contributed by atoms with van der Waals surface area (Å²) in [5.74, 6) is 0.365. The third kappa shape index (κ3) is 3.88. The molecule has 1 aromatic carbocycles. The lowest BCUT2D eigenvalue weighted by Crippen LogP contribution is -2.51. The van der Waals surface area contributed by atoms with Crippen molar-refractivity contribution in [3.8, 4) is 0 Å². The van der Waals surface area contributed by atoms with E-state index in [4.69, 9.17) is 39.4 Å². The number of hydrogen-bond donors (Lipinski definition) is 2. The van der Waals surface area contributed by atoms with Crippen molar-refractivity contribution in [3.63, 3.8) is 0 Å². The molecule has 2 aromatic heterocycles. The molecule has 3 aromatic rings. The van der Waals surface area contributed by atoms with Gasteiger partial charge >= 0.3 is 0 Å². The van der Waals surface area contributed by atoms with Crippen LogP contribution in [0.15, 0.2) is 46.5 Å². The Morgan fingerprint density at radius 1 is 1.30 bits per heavy atom. The second-order valence-corrected chi connectivity index (χ2v) is 10.6. The van der Waals surface area contributed by atoms with E-state index in [2.05, 4.69) is 9.88 Å². The largest absolute Gasteiger partial charge is 0.376 e. The molecule has 0 unspecified atom stereocenters. The van der Waals surface area contributed by atoms with E-state index in [-0.39, 0.29) is 17.6 Å². The highest BCUT2D eigenvalue weighted by molar-refractivity contribution is 7.99. The fourth-order valence-corrected chi connectivity index (χ4v) is 6.45. The van der Waals surface area contributed by atoms with Gasteiger partial charge in [0.25, 0.3) is 0 Å². The zero-order valence-electron chi connectivity index (χ0n) is 18.1. The normalized spacial score (nSPS) is 22.4. The summed E-state index contributed by atoms with van der Waals surface area (Å²) >= 11 is 13.9. The Morgan fingerprint density at radius 3 is 2.73 bits per heavy atom. The van der Waals surface area contributed by atoms with E-state index in [1.54, 1.807) is 12.3 Å². The van der Waals surface area contributed by atoms with Gasteiger partial charge in [-0.15, -0.1) is 0 Å². The van der Waals surface area contributed by atoms with Gasteiger partial charge in [-0.05, 0) is 38.0 Å². The minimum atomic E-state index is -0.518. The fourth-order valence-electron chi connectivity index (χ4n) is 4.90. The number of nitrogens with zero attached hydrogens (tertiary/aromatic N) is 3. The molecular formula is C23H25Cl2N5O2S. The van der Waals surface area contributed by atoms with E-state index in [1.807, 2.05) is 35.7 Å². The van der Waals surface area contributed by atoms with Gasteiger partial charge in [-0.3, -0.25) is 9.20 Å². The Labute approximate surface area is 206 Å². The van der Waals surface area contributed by atoms with Crippen LogP contribution in [-0.4, -0.2) is 47.1 Å². The highest BCUT2D eigenvalue weighted by Gasteiger charge is 2.47. The van der Waals surface area contributed by atoms with E-state index < -0.39 is 5.91 Å². The van der Waals surface area contributed by atoms with Crippen molar-refractivity contribution >= 4 is 52.3 Å². The minimum Gasteiger partial charge on any atom is -0.376 e. The summed E-state index contributed by atoms with van der Waals surface area (Å²) in [6.07, 6.45) is 5.55. The van der Waals surface area contributed by atoms with Gasteiger partial charge in [-0.25, -0.2) is 4.98 Å². The number of amides is 1. The first-order chi connectivity index (χ1) is 15.8. The molecule has 7 nitrogen and oxygen atoms in total. The SMILES string of the molecule is C[C@@H]1OCC2(CCN(c3cc(C(N)=O)c(Sc4cccc(Cl)c4Cl)c4nccn34)CC2)[C@@H]1N. The maximum absolute atomic E-state index is 12.5. The van der Waals surface area contributed by atoms with Crippen molar-refractivity contribution in [1.82, 2.24) is 9.38 Å². The predicted octanol–water partition coefficient (Wildman–Crippen LogP) is 4.22. The molecule has 174 valence electrons. The number of nitrogens with two attached hydrogens (primary N) is 2. The lowest BCUT2D eigenvalue weighted by atomic mass is 9.73. The van der Waals surface area contributed by atoms with Crippen LogP contribution >= 0.6 is 35.0 Å². The quantitative estimate of drug-likeness (QED) is 0.550. The molecule has 0 bridgehead atoms. The molecule has 2 saturated heterocycles. The molecule has 2 atom stereocenters. The Hall–Kier alpha value is -1.97. The van der Waals surface area contributed by atoms with Gasteiger partial charge in [0.1, 0.15) is 5.82 Å². The van der Waals surface area contributed by atoms with Crippen molar-refractivity contribution in [2.24, 2.45) is 16.9 Å². The number of primary amides is 1. The van der Waals surface area contributed by atoms with E-state index in [9.17, 15) is 4.79 Å².